The van der Waals surface area contributed by atoms with E-state index in [1.807, 2.05) is 0 Å². The van der Waals surface area contributed by atoms with Crippen LogP contribution in [0, 0.1) is 0 Å². The van der Waals surface area contributed by atoms with Gasteiger partial charge in [-0.15, -0.1) is 11.3 Å². The fraction of sp³-hybridized carbons (Fsp3) is 0.150. The van der Waals surface area contributed by atoms with Gasteiger partial charge in [-0.25, -0.2) is 13.4 Å². The summed E-state index contributed by atoms with van der Waals surface area (Å²) in [5.41, 5.74) is 0.790. The molecule has 33 heavy (non-hydrogen) atoms. The molecule has 0 radical (unpaired) electrons. The minimum atomic E-state index is -3.76. The highest BCUT2D eigenvalue weighted by molar-refractivity contribution is 9.10. The third-order valence-electron chi connectivity index (χ3n) is 4.03. The van der Waals surface area contributed by atoms with Crippen LogP contribution in [0.1, 0.15) is 10.4 Å². The summed E-state index contributed by atoms with van der Waals surface area (Å²) >= 11 is 9.74. The van der Waals surface area contributed by atoms with Crippen molar-refractivity contribution in [3.05, 3.63) is 64.1 Å². The van der Waals surface area contributed by atoms with E-state index >= 15 is 0 Å². The highest BCUT2D eigenvalue weighted by Gasteiger charge is 2.17. The summed E-state index contributed by atoms with van der Waals surface area (Å²) in [5, 5.41) is 7.43. The second-order valence-corrected chi connectivity index (χ2v) is 10.3. The van der Waals surface area contributed by atoms with Crippen LogP contribution in [-0.2, 0) is 14.8 Å². The molecule has 1 aromatic heterocycles. The normalized spacial score (nSPS) is 11.0. The van der Waals surface area contributed by atoms with Crippen LogP contribution in [0.15, 0.2) is 63.4 Å². The molecule has 0 atom stereocenters. The lowest BCUT2D eigenvalue weighted by Crippen LogP contribution is -2.34. The predicted octanol–water partition coefficient (Wildman–Crippen LogP) is 3.86. The quantitative estimate of drug-likeness (QED) is 0.262. The number of nitrogens with zero attached hydrogens (tertiary/aromatic N) is 1. The molecular weight excluding hydrogens is 552 g/mol. The van der Waals surface area contributed by atoms with Gasteiger partial charge in [0.15, 0.2) is 10.2 Å². The minimum Gasteiger partial charge on any atom is -0.490 e. The minimum absolute atomic E-state index is 0.0411. The number of sulfonamides is 1. The van der Waals surface area contributed by atoms with Gasteiger partial charge in [0.2, 0.25) is 0 Å². The molecule has 1 heterocycles. The standard InChI is InChI=1S/C20H19BrN4O5S3/c1-29-9-10-30-17-7-2-13(21)12-16(17)18(26)24-19(31)23-14-3-5-15(6-4-14)33(27,28)25-20-22-8-11-32-20/h2-8,11-12H,9-10H2,1H3,(H,22,25)(H2,23,24,26,31). The van der Waals surface area contributed by atoms with Gasteiger partial charge in [-0.05, 0) is 54.7 Å². The van der Waals surface area contributed by atoms with Gasteiger partial charge in [-0.3, -0.25) is 14.8 Å². The third-order valence-corrected chi connectivity index (χ3v) is 6.90. The van der Waals surface area contributed by atoms with Crippen LogP contribution in [0.25, 0.3) is 0 Å². The topological polar surface area (TPSA) is 119 Å². The molecule has 3 aromatic rings. The summed E-state index contributed by atoms with van der Waals surface area (Å²) in [7, 11) is -2.20. The van der Waals surface area contributed by atoms with Gasteiger partial charge >= 0.3 is 0 Å². The predicted molar refractivity (Wildman–Crippen MR) is 135 cm³/mol. The molecule has 0 aliphatic heterocycles. The zero-order valence-electron chi connectivity index (χ0n) is 17.2. The lowest BCUT2D eigenvalue weighted by atomic mass is 10.2. The lowest BCUT2D eigenvalue weighted by Gasteiger charge is -2.14. The fourth-order valence-electron chi connectivity index (χ4n) is 2.54. The number of halogens is 1. The molecule has 0 fully saturated rings. The average molecular weight is 572 g/mol. The molecule has 3 N–H and O–H groups in total. The number of thiocarbonyl (C=S) groups is 1. The van der Waals surface area contributed by atoms with Crippen LogP contribution in [0.4, 0.5) is 10.8 Å². The SMILES string of the molecule is COCCOc1ccc(Br)cc1C(=O)NC(=S)Nc1ccc(S(=O)(=O)Nc2nccs2)cc1. The summed E-state index contributed by atoms with van der Waals surface area (Å²) in [5.74, 6) is -0.0779. The number of anilines is 2. The van der Waals surface area contributed by atoms with Crippen molar-refractivity contribution in [3.8, 4) is 5.75 Å². The maximum absolute atomic E-state index is 12.7. The first-order chi connectivity index (χ1) is 15.8. The molecule has 13 heteroatoms. The van der Waals surface area contributed by atoms with Crippen molar-refractivity contribution in [2.45, 2.75) is 4.90 Å². The number of methoxy groups -OCH3 is 1. The molecule has 1 amide bonds. The first-order valence-electron chi connectivity index (χ1n) is 9.34. The van der Waals surface area contributed by atoms with E-state index in [1.54, 1.807) is 30.7 Å². The maximum atomic E-state index is 12.7. The Kier molecular flexibility index (Phi) is 8.74. The number of thiazole rings is 1. The van der Waals surface area contributed by atoms with Crippen molar-refractivity contribution in [3.63, 3.8) is 0 Å². The Balaban J connectivity index is 1.63. The Morgan fingerprint density at radius 2 is 1.94 bits per heavy atom. The number of hydrogen-bond acceptors (Lipinski definition) is 8. The number of nitrogens with one attached hydrogen (secondary N) is 3. The maximum Gasteiger partial charge on any atom is 0.263 e. The number of ether oxygens (including phenoxy) is 2. The smallest absolute Gasteiger partial charge is 0.263 e. The van der Waals surface area contributed by atoms with Gasteiger partial charge in [0, 0.05) is 28.8 Å². The summed E-state index contributed by atoms with van der Waals surface area (Å²) < 4.78 is 38.5. The van der Waals surface area contributed by atoms with Crippen molar-refractivity contribution in [1.82, 2.24) is 10.3 Å². The Morgan fingerprint density at radius 1 is 1.18 bits per heavy atom. The molecule has 0 unspecified atom stereocenters. The Labute approximate surface area is 208 Å². The summed E-state index contributed by atoms with van der Waals surface area (Å²) in [6.45, 7) is 0.663. The van der Waals surface area contributed by atoms with E-state index < -0.39 is 15.9 Å². The molecule has 3 rings (SSSR count). The van der Waals surface area contributed by atoms with E-state index in [4.69, 9.17) is 21.7 Å². The molecule has 0 bridgehead atoms. The van der Waals surface area contributed by atoms with E-state index in [1.165, 1.54) is 41.8 Å². The molecule has 0 aliphatic rings. The van der Waals surface area contributed by atoms with Gasteiger partial charge in [0.1, 0.15) is 12.4 Å². The van der Waals surface area contributed by atoms with Gasteiger partial charge < -0.3 is 14.8 Å². The Hall–Kier alpha value is -2.58. The number of hydrogen-bond donors (Lipinski definition) is 3. The van der Waals surface area contributed by atoms with Crippen LogP contribution in [0.2, 0.25) is 0 Å². The number of aromatic nitrogens is 1. The number of carbonyl (C=O) groups is 1. The summed E-state index contributed by atoms with van der Waals surface area (Å²) in [4.78, 5) is 16.7. The van der Waals surface area contributed by atoms with Gasteiger partial charge in [-0.1, -0.05) is 15.9 Å². The number of amides is 1. The molecule has 9 nitrogen and oxygen atoms in total. The summed E-state index contributed by atoms with van der Waals surface area (Å²) in [6.07, 6.45) is 1.51. The lowest BCUT2D eigenvalue weighted by molar-refractivity contribution is 0.0969. The van der Waals surface area contributed by atoms with Crippen molar-refractivity contribution >= 4 is 71.3 Å². The van der Waals surface area contributed by atoms with E-state index in [-0.39, 0.29) is 21.7 Å². The number of carbonyl (C=O) groups excluding carboxylic acids is 1. The van der Waals surface area contributed by atoms with E-state index in [9.17, 15) is 13.2 Å². The van der Waals surface area contributed by atoms with E-state index in [0.29, 0.717) is 28.1 Å². The molecule has 174 valence electrons. The zero-order chi connectivity index (χ0) is 23.8. The monoisotopic (exact) mass is 570 g/mol. The molecule has 0 saturated heterocycles. The molecule has 0 aliphatic carbocycles. The van der Waals surface area contributed by atoms with Crippen molar-refractivity contribution in [1.29, 1.82) is 0 Å². The molecule has 0 saturated carbocycles. The van der Waals surface area contributed by atoms with Crippen LogP contribution in [0.5, 0.6) is 5.75 Å². The molecule has 0 spiro atoms. The van der Waals surface area contributed by atoms with Crippen LogP contribution in [-0.4, -0.2) is 44.7 Å². The van der Waals surface area contributed by atoms with Crippen LogP contribution < -0.4 is 20.1 Å². The second-order valence-electron chi connectivity index (χ2n) is 6.36. The van der Waals surface area contributed by atoms with Gasteiger partial charge in [0.25, 0.3) is 15.9 Å². The van der Waals surface area contributed by atoms with Crippen molar-refractivity contribution in [2.24, 2.45) is 0 Å². The van der Waals surface area contributed by atoms with Crippen LogP contribution in [0.3, 0.4) is 0 Å². The largest absolute Gasteiger partial charge is 0.490 e. The highest BCUT2D eigenvalue weighted by atomic mass is 79.9. The van der Waals surface area contributed by atoms with Crippen molar-refractivity contribution in [2.75, 3.05) is 30.4 Å². The van der Waals surface area contributed by atoms with Crippen LogP contribution >= 0.6 is 39.5 Å². The van der Waals surface area contributed by atoms with Gasteiger partial charge in [-0.2, -0.15) is 0 Å². The number of benzene rings is 2. The summed E-state index contributed by atoms with van der Waals surface area (Å²) in [6, 6.07) is 11.0. The Morgan fingerprint density at radius 3 is 2.61 bits per heavy atom. The third kappa shape index (κ3) is 7.20. The van der Waals surface area contributed by atoms with Gasteiger partial charge in [0.05, 0.1) is 17.1 Å². The first-order valence-corrected chi connectivity index (χ1v) is 12.9. The Bertz CT molecular complexity index is 1220. The van der Waals surface area contributed by atoms with Crippen molar-refractivity contribution < 1.29 is 22.7 Å². The fourth-order valence-corrected chi connectivity index (χ4v) is 4.90. The zero-order valence-corrected chi connectivity index (χ0v) is 21.2. The van der Waals surface area contributed by atoms with E-state index in [2.05, 4.69) is 36.3 Å². The average Bonchev–Trinajstić information content (AvgIpc) is 3.27. The highest BCUT2D eigenvalue weighted by Crippen LogP contribution is 2.24. The number of rotatable bonds is 9. The molecular formula is C20H19BrN4O5S3. The van der Waals surface area contributed by atoms with E-state index in [0.717, 1.165) is 0 Å². The second kappa shape index (κ2) is 11.5. The molecule has 2 aromatic carbocycles. The first kappa shape index (κ1) is 25.1.